The Labute approximate surface area is 171 Å². The molecule has 0 spiro atoms. The van der Waals surface area contributed by atoms with Gasteiger partial charge in [0.25, 0.3) is 0 Å². The maximum absolute atomic E-state index is 12.3. The Kier molecular flexibility index (Phi) is 6.58. The van der Waals surface area contributed by atoms with Crippen molar-refractivity contribution in [1.29, 1.82) is 0 Å². The highest BCUT2D eigenvalue weighted by atomic mass is 79.9. The van der Waals surface area contributed by atoms with E-state index in [0.717, 1.165) is 27.0 Å². The monoisotopic (exact) mass is 445 g/mol. The third-order valence-electron chi connectivity index (χ3n) is 4.03. The number of methoxy groups -OCH3 is 1. The zero-order chi connectivity index (χ0) is 19.2. The lowest BCUT2D eigenvalue weighted by Gasteiger charge is -2.17. The van der Waals surface area contributed by atoms with Crippen molar-refractivity contribution >= 4 is 33.6 Å². The number of para-hydroxylation sites is 1. The second-order valence-electron chi connectivity index (χ2n) is 5.93. The second kappa shape index (κ2) is 9.10. The summed E-state index contributed by atoms with van der Waals surface area (Å²) < 4.78 is 6.38. The highest BCUT2D eigenvalue weighted by molar-refractivity contribution is 9.10. The molecular formula is C20H20BrN3O2S. The predicted octanol–water partition coefficient (Wildman–Crippen LogP) is 4.82. The van der Waals surface area contributed by atoms with Crippen molar-refractivity contribution in [1.82, 2.24) is 15.3 Å². The Balaban J connectivity index is 1.56. The number of imidazole rings is 1. The number of H-pyrrole nitrogens is 1. The van der Waals surface area contributed by atoms with Crippen molar-refractivity contribution in [2.45, 2.75) is 18.1 Å². The molecule has 2 aromatic carbocycles. The molecule has 0 radical (unpaired) electrons. The first-order chi connectivity index (χ1) is 13.1. The number of rotatable bonds is 7. The van der Waals surface area contributed by atoms with E-state index in [4.69, 9.17) is 4.74 Å². The summed E-state index contributed by atoms with van der Waals surface area (Å²) in [7, 11) is 1.63. The smallest absolute Gasteiger partial charge is 0.230 e. The predicted molar refractivity (Wildman–Crippen MR) is 112 cm³/mol. The number of nitrogens with zero attached hydrogens (tertiary/aromatic N) is 1. The van der Waals surface area contributed by atoms with Gasteiger partial charge in [-0.25, -0.2) is 4.98 Å². The summed E-state index contributed by atoms with van der Waals surface area (Å²) in [4.78, 5) is 19.9. The standard InChI is InChI=1S/C20H20BrN3O2S/c1-13(16-5-3-4-6-18(16)26-2)23-19(25)12-27-20-22-11-17(24-20)14-7-9-15(21)10-8-14/h3-11,13H,12H2,1-2H3,(H,22,24)(H,23,25). The largest absolute Gasteiger partial charge is 0.496 e. The lowest BCUT2D eigenvalue weighted by molar-refractivity contribution is -0.119. The molecule has 0 saturated heterocycles. The summed E-state index contributed by atoms with van der Waals surface area (Å²) >= 11 is 4.80. The van der Waals surface area contributed by atoms with E-state index < -0.39 is 0 Å². The van der Waals surface area contributed by atoms with Crippen molar-refractivity contribution in [3.63, 3.8) is 0 Å². The van der Waals surface area contributed by atoms with Crippen LogP contribution in [0.4, 0.5) is 0 Å². The molecular weight excluding hydrogens is 426 g/mol. The first-order valence-corrected chi connectivity index (χ1v) is 10.2. The average molecular weight is 446 g/mol. The minimum atomic E-state index is -0.135. The van der Waals surface area contributed by atoms with E-state index in [1.165, 1.54) is 11.8 Å². The summed E-state index contributed by atoms with van der Waals surface area (Å²) in [6.07, 6.45) is 1.78. The zero-order valence-corrected chi connectivity index (χ0v) is 17.4. The zero-order valence-electron chi connectivity index (χ0n) is 15.0. The van der Waals surface area contributed by atoms with Gasteiger partial charge in [0, 0.05) is 10.0 Å². The van der Waals surface area contributed by atoms with Crippen LogP contribution in [0.5, 0.6) is 5.75 Å². The number of ether oxygens (including phenoxy) is 1. The van der Waals surface area contributed by atoms with Gasteiger partial charge in [0.2, 0.25) is 5.91 Å². The molecule has 1 amide bonds. The quantitative estimate of drug-likeness (QED) is 0.511. The summed E-state index contributed by atoms with van der Waals surface area (Å²) in [6.45, 7) is 1.94. The fourth-order valence-corrected chi connectivity index (χ4v) is 3.60. The number of amides is 1. The molecule has 3 aromatic rings. The Morgan fingerprint density at radius 1 is 1.26 bits per heavy atom. The topological polar surface area (TPSA) is 67.0 Å². The minimum absolute atomic E-state index is 0.0556. The van der Waals surface area contributed by atoms with Gasteiger partial charge >= 0.3 is 0 Å². The van der Waals surface area contributed by atoms with Crippen LogP contribution in [0.3, 0.4) is 0 Å². The van der Waals surface area contributed by atoms with Gasteiger partial charge in [-0.15, -0.1) is 0 Å². The molecule has 0 bridgehead atoms. The molecule has 1 heterocycles. The number of carbonyl (C=O) groups is 1. The number of aromatic nitrogens is 2. The number of benzene rings is 2. The second-order valence-corrected chi connectivity index (χ2v) is 7.81. The number of hydrogen-bond donors (Lipinski definition) is 2. The third-order valence-corrected chi connectivity index (χ3v) is 5.45. The van der Waals surface area contributed by atoms with Crippen molar-refractivity contribution in [3.05, 3.63) is 64.8 Å². The molecule has 2 N–H and O–H groups in total. The van der Waals surface area contributed by atoms with Crippen LogP contribution in [0.15, 0.2) is 64.4 Å². The van der Waals surface area contributed by atoms with Crippen LogP contribution in [0, 0.1) is 0 Å². The average Bonchev–Trinajstić information content (AvgIpc) is 3.16. The maximum atomic E-state index is 12.3. The summed E-state index contributed by atoms with van der Waals surface area (Å²) in [5, 5.41) is 3.71. The van der Waals surface area contributed by atoms with Gasteiger partial charge in [-0.3, -0.25) is 4.79 Å². The van der Waals surface area contributed by atoms with Crippen LogP contribution in [-0.4, -0.2) is 28.7 Å². The van der Waals surface area contributed by atoms with Gasteiger partial charge in [0.1, 0.15) is 5.75 Å². The number of hydrogen-bond acceptors (Lipinski definition) is 4. The molecule has 1 unspecified atom stereocenters. The van der Waals surface area contributed by atoms with Gasteiger partial charge < -0.3 is 15.0 Å². The van der Waals surface area contributed by atoms with Crippen molar-refractivity contribution in [2.75, 3.05) is 12.9 Å². The van der Waals surface area contributed by atoms with Gasteiger partial charge in [-0.1, -0.05) is 58.0 Å². The lowest BCUT2D eigenvalue weighted by Crippen LogP contribution is -2.28. The van der Waals surface area contributed by atoms with E-state index in [1.54, 1.807) is 13.3 Å². The molecule has 0 fully saturated rings. The lowest BCUT2D eigenvalue weighted by atomic mass is 10.1. The maximum Gasteiger partial charge on any atom is 0.230 e. The van der Waals surface area contributed by atoms with Crippen LogP contribution >= 0.6 is 27.7 Å². The van der Waals surface area contributed by atoms with E-state index in [-0.39, 0.29) is 17.7 Å². The summed E-state index contributed by atoms with van der Waals surface area (Å²) in [5.41, 5.74) is 2.92. The SMILES string of the molecule is COc1ccccc1C(C)NC(=O)CSc1ncc(-c2ccc(Br)cc2)[nH]1. The number of carbonyl (C=O) groups excluding carboxylic acids is 1. The molecule has 27 heavy (non-hydrogen) atoms. The van der Waals surface area contributed by atoms with E-state index in [1.807, 2.05) is 55.5 Å². The third kappa shape index (κ3) is 5.14. The van der Waals surface area contributed by atoms with Crippen LogP contribution < -0.4 is 10.1 Å². The first kappa shape index (κ1) is 19.5. The summed E-state index contributed by atoms with van der Waals surface area (Å²) in [5.74, 6) is 0.996. The van der Waals surface area contributed by atoms with Crippen molar-refractivity contribution in [2.24, 2.45) is 0 Å². The van der Waals surface area contributed by atoms with Crippen molar-refractivity contribution < 1.29 is 9.53 Å². The Bertz CT molecular complexity index is 912. The molecule has 7 heteroatoms. The van der Waals surface area contributed by atoms with Crippen LogP contribution in [0.1, 0.15) is 18.5 Å². The number of thioether (sulfide) groups is 1. The van der Waals surface area contributed by atoms with Crippen LogP contribution in [0.2, 0.25) is 0 Å². The van der Waals surface area contributed by atoms with E-state index >= 15 is 0 Å². The Hall–Kier alpha value is -2.25. The summed E-state index contributed by atoms with van der Waals surface area (Å²) in [6, 6.07) is 15.5. The van der Waals surface area contributed by atoms with Gasteiger partial charge in [-0.05, 0) is 30.7 Å². The number of aromatic amines is 1. The molecule has 1 atom stereocenters. The fourth-order valence-electron chi connectivity index (χ4n) is 2.67. The Morgan fingerprint density at radius 2 is 2.00 bits per heavy atom. The molecule has 5 nitrogen and oxygen atoms in total. The highest BCUT2D eigenvalue weighted by Gasteiger charge is 2.14. The van der Waals surface area contributed by atoms with Crippen LogP contribution in [0.25, 0.3) is 11.3 Å². The van der Waals surface area contributed by atoms with Crippen molar-refractivity contribution in [3.8, 4) is 17.0 Å². The van der Waals surface area contributed by atoms with Gasteiger partial charge in [0.15, 0.2) is 5.16 Å². The first-order valence-electron chi connectivity index (χ1n) is 8.43. The molecule has 3 rings (SSSR count). The van der Waals surface area contributed by atoms with E-state index in [2.05, 4.69) is 31.2 Å². The fraction of sp³-hybridized carbons (Fsp3) is 0.200. The molecule has 140 valence electrons. The molecule has 1 aromatic heterocycles. The minimum Gasteiger partial charge on any atom is -0.496 e. The normalized spacial score (nSPS) is 11.8. The van der Waals surface area contributed by atoms with Gasteiger partial charge in [-0.2, -0.15) is 0 Å². The Morgan fingerprint density at radius 3 is 2.74 bits per heavy atom. The van der Waals surface area contributed by atoms with E-state index in [0.29, 0.717) is 5.16 Å². The highest BCUT2D eigenvalue weighted by Crippen LogP contribution is 2.25. The molecule has 0 aliphatic heterocycles. The molecule has 0 saturated carbocycles. The number of halogens is 1. The molecule has 0 aliphatic carbocycles. The van der Waals surface area contributed by atoms with E-state index in [9.17, 15) is 4.79 Å². The van der Waals surface area contributed by atoms with Gasteiger partial charge in [0.05, 0.1) is 30.8 Å². The van der Waals surface area contributed by atoms with Crippen LogP contribution in [-0.2, 0) is 4.79 Å². The molecule has 0 aliphatic rings. The number of nitrogens with one attached hydrogen (secondary N) is 2.